The van der Waals surface area contributed by atoms with Gasteiger partial charge in [0.25, 0.3) is 10.0 Å². The average Bonchev–Trinajstić information content (AvgIpc) is 2.92. The van der Waals surface area contributed by atoms with Gasteiger partial charge in [-0.3, -0.25) is 9.10 Å². The van der Waals surface area contributed by atoms with Crippen molar-refractivity contribution in [1.29, 1.82) is 0 Å². The van der Waals surface area contributed by atoms with Crippen molar-refractivity contribution in [2.45, 2.75) is 37.7 Å². The number of hydrogen-bond donors (Lipinski definition) is 1. The number of ether oxygens (including phenoxy) is 1. The smallest absolute Gasteiger partial charge is 0.265 e. The van der Waals surface area contributed by atoms with E-state index in [1.807, 2.05) is 50.2 Å². The van der Waals surface area contributed by atoms with E-state index < -0.39 is 10.0 Å². The number of sulfonamides is 1. The lowest BCUT2D eigenvalue weighted by molar-refractivity contribution is -0.116. The van der Waals surface area contributed by atoms with E-state index in [0.717, 1.165) is 16.5 Å². The number of carbonyl (C=O) groups is 1. The second-order valence-electron chi connectivity index (χ2n) is 7.55. The Hall–Kier alpha value is -3.06. The third kappa shape index (κ3) is 3.85. The Morgan fingerprint density at radius 1 is 1.03 bits per heavy atom. The fourth-order valence-corrected chi connectivity index (χ4v) is 5.44. The van der Waals surface area contributed by atoms with E-state index in [9.17, 15) is 13.2 Å². The molecule has 0 saturated heterocycles. The summed E-state index contributed by atoms with van der Waals surface area (Å²) in [5, 5.41) is 4.50. The van der Waals surface area contributed by atoms with Gasteiger partial charge in [-0.25, -0.2) is 8.42 Å². The maximum atomic E-state index is 13.0. The molecule has 0 spiro atoms. The highest BCUT2D eigenvalue weighted by molar-refractivity contribution is 7.93. The first-order valence-corrected chi connectivity index (χ1v) is 11.4. The Kier molecular flexibility index (Phi) is 5.39. The zero-order chi connectivity index (χ0) is 21.3. The molecule has 0 aromatic heterocycles. The van der Waals surface area contributed by atoms with E-state index in [1.165, 1.54) is 4.31 Å². The van der Waals surface area contributed by atoms with E-state index in [-0.39, 0.29) is 25.0 Å². The first-order chi connectivity index (χ1) is 14.4. The molecule has 1 aliphatic heterocycles. The third-order valence-corrected chi connectivity index (χ3v) is 6.81. The summed E-state index contributed by atoms with van der Waals surface area (Å²) in [6.07, 6.45) is 0.733. The van der Waals surface area contributed by atoms with E-state index in [0.29, 0.717) is 22.7 Å². The highest BCUT2D eigenvalue weighted by atomic mass is 32.2. The van der Waals surface area contributed by atoms with Crippen LogP contribution in [-0.2, 0) is 14.8 Å². The molecule has 0 atom stereocenters. The normalized spacial score (nSPS) is 14.3. The van der Waals surface area contributed by atoms with Crippen LogP contribution in [0.5, 0.6) is 5.75 Å². The Morgan fingerprint density at radius 2 is 1.73 bits per heavy atom. The molecule has 1 amide bonds. The summed E-state index contributed by atoms with van der Waals surface area (Å²) < 4.78 is 32.9. The van der Waals surface area contributed by atoms with Gasteiger partial charge in [0.05, 0.1) is 16.7 Å². The molecule has 0 radical (unpaired) electrons. The van der Waals surface area contributed by atoms with Crippen molar-refractivity contribution in [1.82, 2.24) is 0 Å². The summed E-state index contributed by atoms with van der Waals surface area (Å²) in [7, 11) is -3.58. The van der Waals surface area contributed by atoms with Crippen LogP contribution in [0.2, 0.25) is 0 Å². The van der Waals surface area contributed by atoms with Gasteiger partial charge in [0.1, 0.15) is 5.75 Å². The van der Waals surface area contributed by atoms with Crippen molar-refractivity contribution in [2.24, 2.45) is 0 Å². The fraction of sp³-hybridized carbons (Fsp3) is 0.261. The quantitative estimate of drug-likeness (QED) is 0.604. The summed E-state index contributed by atoms with van der Waals surface area (Å²) in [4.78, 5) is 12.6. The molecule has 1 N–H and O–H groups in total. The highest BCUT2D eigenvalue weighted by Gasteiger charge is 2.34. The van der Waals surface area contributed by atoms with E-state index in [2.05, 4.69) is 5.32 Å². The molecule has 0 unspecified atom stereocenters. The molecule has 0 saturated carbocycles. The number of nitrogens with zero attached hydrogens (tertiary/aromatic N) is 1. The van der Waals surface area contributed by atoms with Crippen molar-refractivity contribution in [2.75, 3.05) is 16.2 Å². The first-order valence-electron chi connectivity index (χ1n) is 9.97. The van der Waals surface area contributed by atoms with Gasteiger partial charge in [0.15, 0.2) is 0 Å². The maximum absolute atomic E-state index is 13.0. The van der Waals surface area contributed by atoms with Crippen LogP contribution < -0.4 is 14.4 Å². The second-order valence-corrected chi connectivity index (χ2v) is 9.38. The Balaban J connectivity index is 1.38. The van der Waals surface area contributed by atoms with Crippen molar-refractivity contribution in [3.05, 3.63) is 60.7 Å². The third-order valence-electron chi connectivity index (χ3n) is 4.96. The SMILES string of the molecule is CC(C)Oc1ccc(NC(=O)CCCN2c3cccc4cccc(c34)S2(=O)=O)cc1. The van der Waals surface area contributed by atoms with Crippen molar-refractivity contribution >= 4 is 38.1 Å². The van der Waals surface area contributed by atoms with Crippen LogP contribution in [0.15, 0.2) is 65.6 Å². The number of amides is 1. The predicted octanol–water partition coefficient (Wildman–Crippen LogP) is 4.55. The van der Waals surface area contributed by atoms with Gasteiger partial charge in [-0.2, -0.15) is 0 Å². The lowest BCUT2D eigenvalue weighted by Gasteiger charge is -2.18. The van der Waals surface area contributed by atoms with Gasteiger partial charge in [-0.05, 0) is 62.1 Å². The van der Waals surface area contributed by atoms with E-state index in [4.69, 9.17) is 4.74 Å². The number of anilines is 2. The summed E-state index contributed by atoms with van der Waals surface area (Å²) >= 11 is 0. The number of benzene rings is 3. The van der Waals surface area contributed by atoms with Crippen LogP contribution >= 0.6 is 0 Å². The molecule has 6 nitrogen and oxygen atoms in total. The average molecular weight is 425 g/mol. The Bertz CT molecular complexity index is 1180. The molecule has 0 aliphatic carbocycles. The number of nitrogens with one attached hydrogen (secondary N) is 1. The minimum absolute atomic E-state index is 0.0873. The van der Waals surface area contributed by atoms with E-state index in [1.54, 1.807) is 24.3 Å². The van der Waals surface area contributed by atoms with Gasteiger partial charge in [-0.1, -0.05) is 24.3 Å². The number of rotatable bonds is 7. The second kappa shape index (κ2) is 7.99. The monoisotopic (exact) mass is 424 g/mol. The Labute approximate surface area is 176 Å². The molecule has 4 rings (SSSR count). The minimum Gasteiger partial charge on any atom is -0.491 e. The topological polar surface area (TPSA) is 75.7 Å². The Morgan fingerprint density at radius 3 is 2.43 bits per heavy atom. The van der Waals surface area contributed by atoms with Gasteiger partial charge in [0.2, 0.25) is 5.91 Å². The largest absolute Gasteiger partial charge is 0.491 e. The molecule has 1 heterocycles. The summed E-state index contributed by atoms with van der Waals surface area (Å²) in [6, 6.07) is 18.1. The zero-order valence-electron chi connectivity index (χ0n) is 17.0. The van der Waals surface area contributed by atoms with Gasteiger partial charge >= 0.3 is 0 Å². The summed E-state index contributed by atoms with van der Waals surface area (Å²) in [5.41, 5.74) is 1.37. The molecule has 3 aromatic carbocycles. The molecule has 1 aliphatic rings. The molecule has 7 heteroatoms. The van der Waals surface area contributed by atoms with Crippen LogP contribution in [-0.4, -0.2) is 27.0 Å². The van der Waals surface area contributed by atoms with Crippen LogP contribution in [0.4, 0.5) is 11.4 Å². The van der Waals surface area contributed by atoms with Crippen molar-refractivity contribution in [3.8, 4) is 5.75 Å². The van der Waals surface area contributed by atoms with Gasteiger partial charge < -0.3 is 10.1 Å². The molecule has 156 valence electrons. The molecule has 30 heavy (non-hydrogen) atoms. The van der Waals surface area contributed by atoms with Crippen LogP contribution in [0.1, 0.15) is 26.7 Å². The van der Waals surface area contributed by atoms with Gasteiger partial charge in [-0.15, -0.1) is 0 Å². The lowest BCUT2D eigenvalue weighted by atomic mass is 10.1. The standard InChI is InChI=1S/C23H24N2O4S/c1-16(2)29-19-13-11-18(12-14-19)24-22(26)10-5-15-25-20-8-3-6-17-7-4-9-21(23(17)20)30(25,27)28/h3-4,6-9,11-14,16H,5,10,15H2,1-2H3,(H,24,26). The van der Waals surface area contributed by atoms with Crippen LogP contribution in [0, 0.1) is 0 Å². The maximum Gasteiger partial charge on any atom is 0.265 e. The highest BCUT2D eigenvalue weighted by Crippen LogP contribution is 2.41. The lowest BCUT2D eigenvalue weighted by Crippen LogP contribution is -2.28. The van der Waals surface area contributed by atoms with Crippen molar-refractivity contribution < 1.29 is 17.9 Å². The number of carbonyl (C=O) groups excluding carboxylic acids is 1. The number of hydrogen-bond acceptors (Lipinski definition) is 4. The zero-order valence-corrected chi connectivity index (χ0v) is 17.8. The van der Waals surface area contributed by atoms with Crippen molar-refractivity contribution in [3.63, 3.8) is 0 Å². The van der Waals surface area contributed by atoms with Crippen LogP contribution in [0.25, 0.3) is 10.8 Å². The van der Waals surface area contributed by atoms with Gasteiger partial charge in [0, 0.05) is 24.0 Å². The molecule has 0 bridgehead atoms. The fourth-order valence-electron chi connectivity index (χ4n) is 3.69. The summed E-state index contributed by atoms with van der Waals surface area (Å²) in [6.45, 7) is 4.16. The first kappa shape index (κ1) is 20.2. The minimum atomic E-state index is -3.58. The molecular weight excluding hydrogens is 400 g/mol. The molecule has 0 fully saturated rings. The molecule has 3 aromatic rings. The van der Waals surface area contributed by atoms with E-state index >= 15 is 0 Å². The van der Waals surface area contributed by atoms with Crippen LogP contribution in [0.3, 0.4) is 0 Å². The summed E-state index contributed by atoms with van der Waals surface area (Å²) in [5.74, 6) is 0.593. The predicted molar refractivity (Wildman–Crippen MR) is 119 cm³/mol. The molecular formula is C23H24N2O4S.